The summed E-state index contributed by atoms with van der Waals surface area (Å²) in [6.07, 6.45) is 2.37. The monoisotopic (exact) mass is 274 g/mol. The minimum absolute atomic E-state index is 0.101. The number of carbonyl (C=O) groups excluding carboxylic acids is 1. The van der Waals surface area contributed by atoms with E-state index in [4.69, 9.17) is 0 Å². The van der Waals surface area contributed by atoms with Crippen LogP contribution in [0.3, 0.4) is 0 Å². The second kappa shape index (κ2) is 6.48. The fourth-order valence-electron chi connectivity index (χ4n) is 1.88. The molecule has 0 spiro atoms. The van der Waals surface area contributed by atoms with Crippen LogP contribution in [-0.2, 0) is 11.3 Å². The van der Waals surface area contributed by atoms with Crippen molar-refractivity contribution in [3.05, 3.63) is 41.4 Å². The molecule has 0 unspecified atom stereocenters. The molecule has 0 atom stereocenters. The van der Waals surface area contributed by atoms with Gasteiger partial charge in [0.2, 0.25) is 5.91 Å². The zero-order valence-electron chi connectivity index (χ0n) is 11.2. The topological polar surface area (TPSA) is 42.0 Å². The molecule has 0 bridgehead atoms. The summed E-state index contributed by atoms with van der Waals surface area (Å²) in [5.41, 5.74) is 2.21. The van der Waals surface area contributed by atoms with E-state index in [0.29, 0.717) is 18.9 Å². The maximum Gasteiger partial charge on any atom is 0.220 e. The molecule has 0 fully saturated rings. The van der Waals surface area contributed by atoms with Crippen molar-refractivity contribution in [1.82, 2.24) is 10.3 Å². The Balaban J connectivity index is 2.07. The highest BCUT2D eigenvalue weighted by atomic mass is 32.1. The van der Waals surface area contributed by atoms with Gasteiger partial charge in [-0.15, -0.1) is 11.3 Å². The lowest BCUT2D eigenvalue weighted by Crippen LogP contribution is -2.24. The van der Waals surface area contributed by atoms with Crippen molar-refractivity contribution in [1.29, 1.82) is 0 Å². The third-order valence-electron chi connectivity index (χ3n) is 2.75. The standard InChI is InChI=1S/C15H18N2OS/c1-11(2)9-14(18)17-10-12-5-3-4-6-13(12)15-16-7-8-19-15/h3-8,11H,9-10H2,1-2H3,(H,17,18). The lowest BCUT2D eigenvalue weighted by molar-refractivity contribution is -0.121. The van der Waals surface area contributed by atoms with Gasteiger partial charge in [-0.05, 0) is 11.5 Å². The van der Waals surface area contributed by atoms with Crippen LogP contribution in [-0.4, -0.2) is 10.9 Å². The van der Waals surface area contributed by atoms with Gasteiger partial charge in [0.1, 0.15) is 5.01 Å². The summed E-state index contributed by atoms with van der Waals surface area (Å²) in [6, 6.07) is 8.06. The number of thiazole rings is 1. The molecule has 0 radical (unpaired) electrons. The lowest BCUT2D eigenvalue weighted by Gasteiger charge is -2.10. The number of benzene rings is 1. The van der Waals surface area contributed by atoms with Crippen molar-refractivity contribution in [3.8, 4) is 10.6 Å². The predicted molar refractivity (Wildman–Crippen MR) is 78.9 cm³/mol. The highest BCUT2D eigenvalue weighted by molar-refractivity contribution is 7.13. The van der Waals surface area contributed by atoms with E-state index in [1.807, 2.05) is 43.5 Å². The number of hydrogen-bond acceptors (Lipinski definition) is 3. The Labute approximate surface area is 117 Å². The highest BCUT2D eigenvalue weighted by Crippen LogP contribution is 2.25. The first-order valence-corrected chi connectivity index (χ1v) is 7.29. The SMILES string of the molecule is CC(C)CC(=O)NCc1ccccc1-c1nccs1. The van der Waals surface area contributed by atoms with Crippen LogP contribution in [0.5, 0.6) is 0 Å². The van der Waals surface area contributed by atoms with Crippen LogP contribution in [0.4, 0.5) is 0 Å². The highest BCUT2D eigenvalue weighted by Gasteiger charge is 2.09. The minimum Gasteiger partial charge on any atom is -0.352 e. The van der Waals surface area contributed by atoms with Crippen molar-refractivity contribution < 1.29 is 4.79 Å². The van der Waals surface area contributed by atoms with Gasteiger partial charge >= 0.3 is 0 Å². The van der Waals surface area contributed by atoms with Crippen LogP contribution >= 0.6 is 11.3 Å². The molecule has 100 valence electrons. The molecule has 0 aliphatic carbocycles. The van der Waals surface area contributed by atoms with Gasteiger partial charge in [-0.25, -0.2) is 4.98 Å². The van der Waals surface area contributed by atoms with E-state index < -0.39 is 0 Å². The molecule has 1 aromatic heterocycles. The normalized spacial score (nSPS) is 10.7. The minimum atomic E-state index is 0.101. The third kappa shape index (κ3) is 3.89. The molecule has 4 heteroatoms. The molecule has 19 heavy (non-hydrogen) atoms. The molecule has 0 saturated carbocycles. The summed E-state index contributed by atoms with van der Waals surface area (Å²) >= 11 is 1.61. The fraction of sp³-hybridized carbons (Fsp3) is 0.333. The molecule has 1 N–H and O–H groups in total. The molecule has 1 aromatic carbocycles. The predicted octanol–water partition coefficient (Wildman–Crippen LogP) is 3.47. The number of rotatable bonds is 5. The molecule has 0 aliphatic heterocycles. The van der Waals surface area contributed by atoms with E-state index in [-0.39, 0.29) is 5.91 Å². The third-order valence-corrected chi connectivity index (χ3v) is 3.56. The number of aromatic nitrogens is 1. The summed E-state index contributed by atoms with van der Waals surface area (Å²) < 4.78 is 0. The fourth-order valence-corrected chi connectivity index (χ4v) is 2.57. The first-order valence-electron chi connectivity index (χ1n) is 6.41. The summed E-state index contributed by atoms with van der Waals surface area (Å²) in [7, 11) is 0. The van der Waals surface area contributed by atoms with Crippen LogP contribution in [0, 0.1) is 5.92 Å². The molecule has 2 rings (SSSR count). The van der Waals surface area contributed by atoms with E-state index in [0.717, 1.165) is 16.1 Å². The van der Waals surface area contributed by atoms with Crippen molar-refractivity contribution >= 4 is 17.2 Å². The lowest BCUT2D eigenvalue weighted by atomic mass is 10.1. The number of nitrogens with zero attached hydrogens (tertiary/aromatic N) is 1. The molecule has 1 amide bonds. The van der Waals surface area contributed by atoms with Crippen molar-refractivity contribution in [3.63, 3.8) is 0 Å². The Morgan fingerprint density at radius 1 is 1.37 bits per heavy atom. The quantitative estimate of drug-likeness (QED) is 0.907. The zero-order chi connectivity index (χ0) is 13.7. The maximum absolute atomic E-state index is 11.7. The molecular formula is C15H18N2OS. The van der Waals surface area contributed by atoms with Crippen molar-refractivity contribution in [2.45, 2.75) is 26.8 Å². The summed E-state index contributed by atoms with van der Waals surface area (Å²) in [4.78, 5) is 16.0. The first-order chi connectivity index (χ1) is 9.16. The van der Waals surface area contributed by atoms with Gasteiger partial charge in [0.25, 0.3) is 0 Å². The van der Waals surface area contributed by atoms with Gasteiger partial charge < -0.3 is 5.32 Å². The van der Waals surface area contributed by atoms with Gasteiger partial charge in [0.15, 0.2) is 0 Å². The average Bonchev–Trinajstić information content (AvgIpc) is 2.89. The Bertz CT molecular complexity index is 535. The van der Waals surface area contributed by atoms with Gasteiger partial charge in [-0.2, -0.15) is 0 Å². The summed E-state index contributed by atoms with van der Waals surface area (Å²) in [5.74, 6) is 0.484. The number of amides is 1. The largest absolute Gasteiger partial charge is 0.352 e. The van der Waals surface area contributed by atoms with Gasteiger partial charge in [-0.3, -0.25) is 4.79 Å². The molecular weight excluding hydrogens is 256 g/mol. The number of hydrogen-bond donors (Lipinski definition) is 1. The number of carbonyl (C=O) groups is 1. The Morgan fingerprint density at radius 3 is 2.84 bits per heavy atom. The summed E-state index contributed by atoms with van der Waals surface area (Å²) in [5, 5.41) is 5.93. The average molecular weight is 274 g/mol. The molecule has 2 aromatic rings. The molecule has 0 aliphatic rings. The Morgan fingerprint density at radius 2 is 2.16 bits per heavy atom. The van der Waals surface area contributed by atoms with E-state index in [2.05, 4.69) is 10.3 Å². The van der Waals surface area contributed by atoms with Crippen LogP contribution < -0.4 is 5.32 Å². The van der Waals surface area contributed by atoms with Gasteiger partial charge in [0, 0.05) is 30.1 Å². The second-order valence-electron chi connectivity index (χ2n) is 4.87. The zero-order valence-corrected chi connectivity index (χ0v) is 12.0. The Hall–Kier alpha value is -1.68. The molecule has 1 heterocycles. The van der Waals surface area contributed by atoms with Crippen LogP contribution in [0.25, 0.3) is 10.6 Å². The molecule has 3 nitrogen and oxygen atoms in total. The summed E-state index contributed by atoms with van der Waals surface area (Å²) in [6.45, 7) is 4.65. The smallest absolute Gasteiger partial charge is 0.220 e. The maximum atomic E-state index is 11.7. The van der Waals surface area contributed by atoms with Crippen LogP contribution in [0.1, 0.15) is 25.8 Å². The van der Waals surface area contributed by atoms with E-state index >= 15 is 0 Å². The molecule has 0 saturated heterocycles. The first kappa shape index (κ1) is 13.7. The number of nitrogens with one attached hydrogen (secondary N) is 1. The van der Waals surface area contributed by atoms with E-state index in [1.165, 1.54) is 0 Å². The Kier molecular flexibility index (Phi) is 4.68. The van der Waals surface area contributed by atoms with Crippen molar-refractivity contribution in [2.75, 3.05) is 0 Å². The second-order valence-corrected chi connectivity index (χ2v) is 5.76. The van der Waals surface area contributed by atoms with Crippen LogP contribution in [0.2, 0.25) is 0 Å². The van der Waals surface area contributed by atoms with Crippen LogP contribution in [0.15, 0.2) is 35.8 Å². The van der Waals surface area contributed by atoms with Crippen molar-refractivity contribution in [2.24, 2.45) is 5.92 Å². The van der Waals surface area contributed by atoms with Gasteiger partial charge in [-0.1, -0.05) is 38.1 Å². The van der Waals surface area contributed by atoms with E-state index in [9.17, 15) is 4.79 Å². The van der Waals surface area contributed by atoms with Gasteiger partial charge in [0.05, 0.1) is 0 Å². The van der Waals surface area contributed by atoms with E-state index in [1.54, 1.807) is 17.5 Å².